The molecule has 0 bridgehead atoms. The fourth-order valence-corrected chi connectivity index (χ4v) is 4.31. The number of fused-ring (bicyclic) bond motifs is 1. The van der Waals surface area contributed by atoms with Crippen LogP contribution in [-0.4, -0.2) is 34.6 Å². The van der Waals surface area contributed by atoms with Gasteiger partial charge in [0.05, 0.1) is 17.4 Å². The highest BCUT2D eigenvalue weighted by atomic mass is 35.5. The van der Waals surface area contributed by atoms with E-state index >= 15 is 4.39 Å². The van der Waals surface area contributed by atoms with Gasteiger partial charge >= 0.3 is 5.97 Å². The van der Waals surface area contributed by atoms with Crippen LogP contribution in [0.25, 0.3) is 5.52 Å². The summed E-state index contributed by atoms with van der Waals surface area (Å²) in [5.74, 6) is -1.25. The summed E-state index contributed by atoms with van der Waals surface area (Å²) in [4.78, 5) is 26.1. The molecule has 1 aliphatic heterocycles. The van der Waals surface area contributed by atoms with Gasteiger partial charge < -0.3 is 15.7 Å². The maximum absolute atomic E-state index is 15.0. The van der Waals surface area contributed by atoms with E-state index in [9.17, 15) is 14.7 Å². The van der Waals surface area contributed by atoms with Crippen molar-refractivity contribution in [3.8, 4) is 0 Å². The van der Waals surface area contributed by atoms with Crippen LogP contribution in [0.3, 0.4) is 0 Å². The summed E-state index contributed by atoms with van der Waals surface area (Å²) in [5.41, 5.74) is 7.69. The van der Waals surface area contributed by atoms with Crippen LogP contribution >= 0.6 is 12.4 Å². The van der Waals surface area contributed by atoms with E-state index in [1.165, 1.54) is 10.5 Å². The molecule has 152 valence electrons. The first-order valence-corrected chi connectivity index (χ1v) is 9.41. The summed E-state index contributed by atoms with van der Waals surface area (Å²) in [6, 6.07) is 1.53. The lowest BCUT2D eigenvalue weighted by molar-refractivity contribution is 0.0694. The average Bonchev–Trinajstić information content (AvgIpc) is 3.32. The minimum atomic E-state index is -1.28. The Kier molecular flexibility index (Phi) is 5.42. The molecule has 28 heavy (non-hydrogen) atoms. The number of halogens is 2. The number of nitrogens with two attached hydrogens (primary N) is 1. The lowest BCUT2D eigenvalue weighted by atomic mass is 10.0. The van der Waals surface area contributed by atoms with Crippen LogP contribution < -0.4 is 16.2 Å². The molecule has 3 heterocycles. The first-order valence-electron chi connectivity index (χ1n) is 9.41. The van der Waals surface area contributed by atoms with Crippen molar-refractivity contribution in [2.45, 2.75) is 45.1 Å². The van der Waals surface area contributed by atoms with E-state index in [1.807, 2.05) is 18.7 Å². The number of hydrogen-bond acceptors (Lipinski definition) is 4. The van der Waals surface area contributed by atoms with Crippen molar-refractivity contribution < 1.29 is 14.3 Å². The van der Waals surface area contributed by atoms with Crippen molar-refractivity contribution in [2.75, 3.05) is 18.0 Å². The number of hydrogen-bond donors (Lipinski definition) is 2. The van der Waals surface area contributed by atoms with Crippen molar-refractivity contribution in [3.05, 3.63) is 45.1 Å². The first-order chi connectivity index (χ1) is 12.8. The van der Waals surface area contributed by atoms with Crippen LogP contribution in [-0.2, 0) is 0 Å². The molecule has 6 nitrogen and oxygen atoms in total. The number of aromatic nitrogens is 1. The van der Waals surface area contributed by atoms with E-state index in [0.717, 1.165) is 37.6 Å². The van der Waals surface area contributed by atoms with Crippen LogP contribution in [0.4, 0.5) is 10.1 Å². The molecule has 3 N–H and O–H groups in total. The molecule has 0 spiro atoms. The Balaban J connectivity index is 0.00000225. The van der Waals surface area contributed by atoms with Gasteiger partial charge in [0.15, 0.2) is 5.82 Å². The van der Waals surface area contributed by atoms with E-state index in [-0.39, 0.29) is 29.9 Å². The molecule has 1 aliphatic carbocycles. The van der Waals surface area contributed by atoms with Gasteiger partial charge in [-0.05, 0) is 62.1 Å². The van der Waals surface area contributed by atoms with Gasteiger partial charge in [-0.1, -0.05) is 0 Å². The molecule has 4 rings (SSSR count). The van der Waals surface area contributed by atoms with E-state index in [4.69, 9.17) is 5.73 Å². The number of aryl methyl sites for hydroxylation is 1. The molecule has 0 aromatic carbocycles. The zero-order valence-electron chi connectivity index (χ0n) is 15.9. The number of nitrogens with zero attached hydrogens (tertiary/aromatic N) is 2. The second-order valence-corrected chi connectivity index (χ2v) is 7.92. The molecule has 0 amide bonds. The smallest absolute Gasteiger partial charge is 0.341 e. The Hall–Kier alpha value is -2.12. The van der Waals surface area contributed by atoms with Crippen molar-refractivity contribution in [2.24, 2.45) is 11.7 Å². The molecule has 2 aromatic heterocycles. The predicted molar refractivity (Wildman–Crippen MR) is 109 cm³/mol. The summed E-state index contributed by atoms with van der Waals surface area (Å²) < 4.78 is 16.2. The molecule has 2 atom stereocenters. The maximum atomic E-state index is 15.0. The molecule has 2 aromatic rings. The van der Waals surface area contributed by atoms with E-state index in [2.05, 4.69) is 0 Å². The minimum absolute atomic E-state index is 0. The van der Waals surface area contributed by atoms with Gasteiger partial charge in [0.2, 0.25) is 0 Å². The van der Waals surface area contributed by atoms with Gasteiger partial charge in [0.25, 0.3) is 5.56 Å². The largest absolute Gasteiger partial charge is 0.477 e. The normalized spacial score (nSPS) is 20.3. The van der Waals surface area contributed by atoms with Gasteiger partial charge in [-0.3, -0.25) is 9.20 Å². The van der Waals surface area contributed by atoms with Crippen molar-refractivity contribution in [1.82, 2.24) is 4.40 Å². The lowest BCUT2D eigenvalue weighted by Crippen LogP contribution is -2.31. The molecule has 0 radical (unpaired) electrons. The number of pyridine rings is 2. The van der Waals surface area contributed by atoms with Crippen LogP contribution in [0, 0.1) is 18.7 Å². The molecular weight excluding hydrogens is 385 g/mol. The second kappa shape index (κ2) is 7.37. The molecule has 1 saturated heterocycles. The van der Waals surface area contributed by atoms with Gasteiger partial charge in [-0.15, -0.1) is 12.4 Å². The van der Waals surface area contributed by atoms with Crippen LogP contribution in [0.15, 0.2) is 17.1 Å². The highest BCUT2D eigenvalue weighted by Gasteiger charge is 2.32. The van der Waals surface area contributed by atoms with Crippen molar-refractivity contribution in [1.29, 1.82) is 0 Å². The summed E-state index contributed by atoms with van der Waals surface area (Å²) in [7, 11) is 0. The Morgan fingerprint density at radius 1 is 1.36 bits per heavy atom. The Morgan fingerprint density at radius 3 is 2.57 bits per heavy atom. The average molecular weight is 410 g/mol. The first kappa shape index (κ1) is 20.6. The van der Waals surface area contributed by atoms with Crippen molar-refractivity contribution in [3.63, 3.8) is 0 Å². The molecule has 2 unspecified atom stereocenters. The van der Waals surface area contributed by atoms with Crippen LogP contribution in [0.1, 0.15) is 53.6 Å². The highest BCUT2D eigenvalue weighted by Crippen LogP contribution is 2.44. The number of carboxylic acid groups (broad SMARTS) is 1. The van der Waals surface area contributed by atoms with E-state index in [0.29, 0.717) is 29.2 Å². The summed E-state index contributed by atoms with van der Waals surface area (Å²) >= 11 is 0. The Bertz CT molecular complexity index is 1000. The minimum Gasteiger partial charge on any atom is -0.477 e. The molecule has 2 fully saturated rings. The summed E-state index contributed by atoms with van der Waals surface area (Å²) in [6.45, 7) is 5.19. The SMILES string of the molecule is Cc1c(N2CCC(C(C)N)C2)c(F)cn2c(=O)c(C(=O)O)cc(C3CC3)c12.Cl. The molecule has 2 aliphatic rings. The number of carbonyl (C=O) groups is 1. The van der Waals surface area contributed by atoms with Gasteiger partial charge in [0, 0.05) is 19.1 Å². The Labute approximate surface area is 168 Å². The van der Waals surface area contributed by atoms with Gasteiger partial charge in [-0.2, -0.15) is 0 Å². The number of anilines is 1. The quantitative estimate of drug-likeness (QED) is 0.810. The van der Waals surface area contributed by atoms with Gasteiger partial charge in [-0.25, -0.2) is 9.18 Å². The van der Waals surface area contributed by atoms with Crippen molar-refractivity contribution >= 4 is 29.6 Å². The maximum Gasteiger partial charge on any atom is 0.341 e. The summed E-state index contributed by atoms with van der Waals surface area (Å²) in [6.07, 6.45) is 3.96. The predicted octanol–water partition coefficient (Wildman–Crippen LogP) is 2.92. The lowest BCUT2D eigenvalue weighted by Gasteiger charge is -2.24. The molecular formula is C20H25ClFN3O3. The van der Waals surface area contributed by atoms with Crippen LogP contribution in [0.5, 0.6) is 0 Å². The number of aromatic carboxylic acids is 1. The van der Waals surface area contributed by atoms with Crippen LogP contribution in [0.2, 0.25) is 0 Å². The zero-order valence-corrected chi connectivity index (χ0v) is 16.8. The topological polar surface area (TPSA) is 88.0 Å². The highest BCUT2D eigenvalue weighted by molar-refractivity contribution is 5.89. The van der Waals surface area contributed by atoms with E-state index in [1.54, 1.807) is 0 Å². The second-order valence-electron chi connectivity index (χ2n) is 7.92. The van der Waals surface area contributed by atoms with E-state index < -0.39 is 17.3 Å². The standard InChI is InChI=1S/C20H24FN3O3.ClH/c1-10-17-14(12-3-4-12)7-15(20(26)27)19(25)24(17)9-16(21)18(10)23-6-5-13(8-23)11(2)22;/h7,9,11-13H,3-6,8,22H2,1-2H3,(H,26,27);1H. The third-order valence-electron chi connectivity index (χ3n) is 5.97. The number of carboxylic acids is 1. The third-order valence-corrected chi connectivity index (χ3v) is 5.97. The van der Waals surface area contributed by atoms with Gasteiger partial charge in [0.1, 0.15) is 5.56 Å². The summed E-state index contributed by atoms with van der Waals surface area (Å²) in [5, 5.41) is 9.37. The molecule has 1 saturated carbocycles. The molecule has 8 heteroatoms. The Morgan fingerprint density at radius 2 is 2.04 bits per heavy atom. The third kappa shape index (κ3) is 3.26. The zero-order chi connectivity index (χ0) is 19.5. The fraction of sp³-hybridized carbons (Fsp3) is 0.500. The monoisotopic (exact) mass is 409 g/mol. The fourth-order valence-electron chi connectivity index (χ4n) is 4.31. The number of rotatable bonds is 4.